The van der Waals surface area contributed by atoms with Crippen LogP contribution >= 0.6 is 11.3 Å². The van der Waals surface area contributed by atoms with Crippen LogP contribution in [-0.4, -0.2) is 18.1 Å². The zero-order valence-corrected chi connectivity index (χ0v) is 14.3. The average Bonchev–Trinajstić information content (AvgIpc) is 2.77. The highest BCUT2D eigenvalue weighted by molar-refractivity contribution is 7.09. The molecule has 0 fully saturated rings. The summed E-state index contributed by atoms with van der Waals surface area (Å²) >= 11 is 1.82. The van der Waals surface area contributed by atoms with E-state index in [1.165, 1.54) is 23.5 Å². The van der Waals surface area contributed by atoms with E-state index in [1.807, 2.05) is 11.3 Å². The molecule has 1 rings (SSSR count). The summed E-state index contributed by atoms with van der Waals surface area (Å²) < 4.78 is 0. The lowest BCUT2D eigenvalue weighted by Crippen LogP contribution is -2.33. The summed E-state index contributed by atoms with van der Waals surface area (Å²) in [5, 5.41) is 7.07. The zero-order valence-electron chi connectivity index (χ0n) is 13.5. The van der Waals surface area contributed by atoms with E-state index in [-0.39, 0.29) is 5.41 Å². The minimum atomic E-state index is 0.165. The van der Waals surface area contributed by atoms with Gasteiger partial charge in [0.2, 0.25) is 0 Å². The molecule has 1 heterocycles. The lowest BCUT2D eigenvalue weighted by molar-refractivity contribution is 0.290. The molecule has 0 bridgehead atoms. The summed E-state index contributed by atoms with van der Waals surface area (Å²) in [5.74, 6) is 0. The quantitative estimate of drug-likeness (QED) is 0.750. The normalized spacial score (nSPS) is 15.5. The molecule has 19 heavy (non-hydrogen) atoms. The van der Waals surface area contributed by atoms with Crippen LogP contribution in [0.4, 0.5) is 0 Å². The molecule has 3 heteroatoms. The Morgan fingerprint density at radius 2 is 1.89 bits per heavy atom. The molecule has 0 amide bonds. The summed E-state index contributed by atoms with van der Waals surface area (Å²) in [5.41, 5.74) is 1.72. The monoisotopic (exact) mass is 282 g/mol. The highest BCUT2D eigenvalue weighted by Gasteiger charge is 2.25. The topological polar surface area (TPSA) is 24.9 Å². The minimum absolute atomic E-state index is 0.165. The Balaban J connectivity index is 2.67. The molecule has 0 saturated heterocycles. The molecule has 0 radical (unpaired) electrons. The van der Waals surface area contributed by atoms with Gasteiger partial charge in [0.25, 0.3) is 0 Å². The fourth-order valence-electron chi connectivity index (χ4n) is 1.98. The molecular formula is C16H30N2S. The van der Waals surface area contributed by atoms with Gasteiger partial charge in [-0.05, 0) is 24.8 Å². The summed E-state index contributed by atoms with van der Waals surface area (Å²) in [4.78, 5) is 4.83. The fraction of sp³-hybridized carbons (Fsp3) is 0.812. The number of hydrogen-bond acceptors (Lipinski definition) is 3. The van der Waals surface area contributed by atoms with Crippen LogP contribution in [0.15, 0.2) is 5.38 Å². The van der Waals surface area contributed by atoms with Crippen LogP contribution in [0.3, 0.4) is 0 Å². The Hall–Kier alpha value is -0.410. The van der Waals surface area contributed by atoms with E-state index in [2.05, 4.69) is 52.2 Å². The van der Waals surface area contributed by atoms with E-state index >= 15 is 0 Å². The van der Waals surface area contributed by atoms with Crippen molar-refractivity contribution in [2.75, 3.05) is 13.1 Å². The predicted octanol–water partition coefficient (Wildman–Crippen LogP) is 4.40. The van der Waals surface area contributed by atoms with Gasteiger partial charge in [-0.15, -0.1) is 11.3 Å². The van der Waals surface area contributed by atoms with Gasteiger partial charge in [-0.2, -0.15) is 0 Å². The molecular weight excluding hydrogens is 252 g/mol. The maximum Gasteiger partial charge on any atom is 0.0934 e. The molecule has 1 aromatic heterocycles. The maximum atomic E-state index is 4.83. The minimum Gasteiger partial charge on any atom is -0.316 e. The van der Waals surface area contributed by atoms with Gasteiger partial charge in [0, 0.05) is 23.8 Å². The van der Waals surface area contributed by atoms with Gasteiger partial charge in [-0.1, -0.05) is 41.5 Å². The van der Waals surface area contributed by atoms with Crippen LogP contribution in [0.2, 0.25) is 0 Å². The van der Waals surface area contributed by atoms with Gasteiger partial charge in [-0.3, -0.25) is 0 Å². The Bertz CT molecular complexity index is 378. The van der Waals surface area contributed by atoms with Crippen molar-refractivity contribution in [3.63, 3.8) is 0 Å². The number of nitrogens with zero attached hydrogens (tertiary/aromatic N) is 1. The molecule has 1 atom stereocenters. The molecule has 0 aromatic carbocycles. The number of aromatic nitrogens is 1. The van der Waals surface area contributed by atoms with E-state index < -0.39 is 0 Å². The third kappa shape index (κ3) is 5.23. The molecule has 1 unspecified atom stereocenters. The van der Waals surface area contributed by atoms with Gasteiger partial charge in [0.1, 0.15) is 0 Å². The number of hydrogen-bond donors (Lipinski definition) is 1. The third-order valence-electron chi connectivity index (χ3n) is 3.73. The van der Waals surface area contributed by atoms with Gasteiger partial charge in [0.05, 0.1) is 10.7 Å². The first kappa shape index (κ1) is 16.6. The van der Waals surface area contributed by atoms with Crippen molar-refractivity contribution in [2.24, 2.45) is 5.41 Å². The summed E-state index contributed by atoms with van der Waals surface area (Å²) in [7, 11) is 0. The molecule has 1 aromatic rings. The van der Waals surface area contributed by atoms with Gasteiger partial charge in [-0.25, -0.2) is 4.98 Å². The van der Waals surface area contributed by atoms with Crippen molar-refractivity contribution in [1.82, 2.24) is 10.3 Å². The zero-order chi connectivity index (χ0) is 14.5. The highest BCUT2D eigenvalue weighted by atomic mass is 32.1. The van der Waals surface area contributed by atoms with Gasteiger partial charge < -0.3 is 5.32 Å². The maximum absolute atomic E-state index is 4.83. The van der Waals surface area contributed by atoms with E-state index in [9.17, 15) is 0 Å². The first-order valence-corrected chi connectivity index (χ1v) is 8.34. The van der Waals surface area contributed by atoms with Crippen molar-refractivity contribution in [1.29, 1.82) is 0 Å². The highest BCUT2D eigenvalue weighted by Crippen LogP contribution is 2.30. The second-order valence-electron chi connectivity index (χ2n) is 6.89. The Kier molecular flexibility index (Phi) is 6.00. The lowest BCUT2D eigenvalue weighted by Gasteiger charge is -2.27. The first-order chi connectivity index (χ1) is 8.80. The molecule has 110 valence electrons. The molecule has 1 N–H and O–H groups in total. The van der Waals surface area contributed by atoms with Crippen LogP contribution < -0.4 is 5.32 Å². The second kappa shape index (κ2) is 6.85. The number of nitrogens with one attached hydrogen (secondary N) is 1. The Morgan fingerprint density at radius 3 is 2.37 bits per heavy atom. The second-order valence-corrected chi connectivity index (χ2v) is 7.84. The average molecular weight is 282 g/mol. The fourth-order valence-corrected chi connectivity index (χ4v) is 3.22. The van der Waals surface area contributed by atoms with Crippen molar-refractivity contribution in [3.8, 4) is 0 Å². The van der Waals surface area contributed by atoms with Crippen molar-refractivity contribution in [2.45, 2.75) is 66.2 Å². The van der Waals surface area contributed by atoms with Crippen LogP contribution in [0.25, 0.3) is 0 Å². The molecule has 0 aliphatic carbocycles. The smallest absolute Gasteiger partial charge is 0.0934 e. The summed E-state index contributed by atoms with van der Waals surface area (Å²) in [6.45, 7) is 15.8. The summed E-state index contributed by atoms with van der Waals surface area (Å²) in [6.07, 6.45) is 3.47. The summed E-state index contributed by atoms with van der Waals surface area (Å²) in [6, 6.07) is 0. The van der Waals surface area contributed by atoms with Crippen molar-refractivity contribution < 1.29 is 0 Å². The van der Waals surface area contributed by atoms with Crippen LogP contribution in [0.1, 0.15) is 65.1 Å². The van der Waals surface area contributed by atoms with Crippen LogP contribution in [-0.2, 0) is 11.8 Å². The molecule has 2 nitrogen and oxygen atoms in total. The predicted molar refractivity (Wildman–Crippen MR) is 86.1 cm³/mol. The lowest BCUT2D eigenvalue weighted by atomic mass is 9.84. The van der Waals surface area contributed by atoms with Gasteiger partial charge >= 0.3 is 0 Å². The standard InChI is InChI=1S/C16H30N2S/c1-7-9-17-12-16(6,8-2)10-14-18-13(11-19-14)15(3,4)5/h11,17H,7-10,12H2,1-6H3. The molecule has 0 saturated carbocycles. The largest absolute Gasteiger partial charge is 0.316 e. The Labute approximate surface area is 123 Å². The van der Waals surface area contributed by atoms with Gasteiger partial charge in [0.15, 0.2) is 0 Å². The molecule has 0 aliphatic heterocycles. The van der Waals surface area contributed by atoms with E-state index in [4.69, 9.17) is 4.98 Å². The van der Waals surface area contributed by atoms with E-state index in [0.717, 1.165) is 19.5 Å². The van der Waals surface area contributed by atoms with E-state index in [0.29, 0.717) is 5.41 Å². The Morgan fingerprint density at radius 1 is 1.21 bits per heavy atom. The molecule has 0 spiro atoms. The van der Waals surface area contributed by atoms with E-state index in [1.54, 1.807) is 0 Å². The number of thiazole rings is 1. The van der Waals surface area contributed by atoms with Crippen LogP contribution in [0.5, 0.6) is 0 Å². The van der Waals surface area contributed by atoms with Crippen LogP contribution in [0, 0.1) is 5.41 Å². The SMILES string of the molecule is CCCNCC(C)(CC)Cc1nc(C(C)(C)C)cs1. The van der Waals surface area contributed by atoms with Crippen molar-refractivity contribution in [3.05, 3.63) is 16.1 Å². The number of rotatable bonds is 7. The third-order valence-corrected chi connectivity index (χ3v) is 4.58. The molecule has 0 aliphatic rings. The van der Waals surface area contributed by atoms with Crippen molar-refractivity contribution >= 4 is 11.3 Å². The first-order valence-electron chi connectivity index (χ1n) is 7.46.